The van der Waals surface area contributed by atoms with E-state index in [1.165, 1.54) is 0 Å². The van der Waals surface area contributed by atoms with E-state index in [4.69, 9.17) is 4.98 Å². The summed E-state index contributed by atoms with van der Waals surface area (Å²) in [5.41, 5.74) is 4.41. The van der Waals surface area contributed by atoms with E-state index in [0.717, 1.165) is 52.0 Å². The van der Waals surface area contributed by atoms with Gasteiger partial charge in [-0.05, 0) is 31.9 Å². The summed E-state index contributed by atoms with van der Waals surface area (Å²) in [7, 11) is -1.36. The zero-order chi connectivity index (χ0) is 22.3. The van der Waals surface area contributed by atoms with Crippen LogP contribution in [-0.2, 0) is 10.0 Å². The standard InChI is InChI=1S/C23H26N6O2S/c1-3-32(30,31)28-10-6-8-17(15-28)21-12-22(24-2)29-23(27-21)19(14-26-29)18-11-16-7-4-5-9-20(16)25-13-18/h4-5,7,9,11-14,17,24H,3,6,8,10,15H2,1-2H3. The van der Waals surface area contributed by atoms with Crippen LogP contribution in [0.5, 0.6) is 0 Å². The predicted octanol–water partition coefficient (Wildman–Crippen LogP) is 3.52. The maximum Gasteiger partial charge on any atom is 0.213 e. The summed E-state index contributed by atoms with van der Waals surface area (Å²) in [6, 6.07) is 12.1. The van der Waals surface area contributed by atoms with Crippen molar-refractivity contribution in [3.05, 3.63) is 54.5 Å². The first-order valence-electron chi connectivity index (χ1n) is 10.9. The number of pyridine rings is 1. The number of fused-ring (bicyclic) bond motifs is 2. The Bertz CT molecular complexity index is 1400. The average Bonchev–Trinajstić information content (AvgIpc) is 3.27. The second kappa shape index (κ2) is 8.14. The fourth-order valence-electron chi connectivity index (χ4n) is 4.41. The van der Waals surface area contributed by atoms with Crippen LogP contribution in [-0.4, -0.2) is 58.2 Å². The predicted molar refractivity (Wildman–Crippen MR) is 126 cm³/mol. The van der Waals surface area contributed by atoms with E-state index in [1.807, 2.05) is 49.8 Å². The Hall–Kier alpha value is -3.04. The van der Waals surface area contributed by atoms with Gasteiger partial charge in [0.05, 0.1) is 23.2 Å². The summed E-state index contributed by atoms with van der Waals surface area (Å²) in [6.45, 7) is 2.73. The van der Waals surface area contributed by atoms with Crippen LogP contribution in [0.2, 0.25) is 0 Å². The Morgan fingerprint density at radius 1 is 1.19 bits per heavy atom. The van der Waals surface area contributed by atoms with Crippen LogP contribution in [0, 0.1) is 0 Å². The van der Waals surface area contributed by atoms with E-state index >= 15 is 0 Å². The maximum atomic E-state index is 12.4. The summed E-state index contributed by atoms with van der Waals surface area (Å²) in [5, 5.41) is 8.82. The highest BCUT2D eigenvalue weighted by Crippen LogP contribution is 2.32. The smallest absolute Gasteiger partial charge is 0.213 e. The van der Waals surface area contributed by atoms with Crippen LogP contribution in [0.4, 0.5) is 5.82 Å². The van der Waals surface area contributed by atoms with E-state index in [0.29, 0.717) is 13.1 Å². The van der Waals surface area contributed by atoms with Crippen LogP contribution in [0.15, 0.2) is 48.8 Å². The number of hydrogen-bond donors (Lipinski definition) is 1. The van der Waals surface area contributed by atoms with E-state index in [1.54, 1.807) is 15.7 Å². The van der Waals surface area contributed by atoms with Gasteiger partial charge in [-0.2, -0.15) is 9.61 Å². The topological polar surface area (TPSA) is 92.5 Å². The number of hydrogen-bond acceptors (Lipinski definition) is 6. The monoisotopic (exact) mass is 450 g/mol. The first-order chi connectivity index (χ1) is 15.5. The van der Waals surface area contributed by atoms with Gasteiger partial charge < -0.3 is 5.32 Å². The molecule has 32 heavy (non-hydrogen) atoms. The van der Waals surface area contributed by atoms with Crippen molar-refractivity contribution in [3.63, 3.8) is 0 Å². The van der Waals surface area contributed by atoms with Crippen LogP contribution >= 0.6 is 0 Å². The summed E-state index contributed by atoms with van der Waals surface area (Å²) < 4.78 is 28.3. The summed E-state index contributed by atoms with van der Waals surface area (Å²) >= 11 is 0. The molecule has 0 saturated carbocycles. The number of benzene rings is 1. The number of rotatable bonds is 5. The van der Waals surface area contributed by atoms with Crippen molar-refractivity contribution in [1.29, 1.82) is 0 Å². The molecule has 1 aliphatic rings. The van der Waals surface area contributed by atoms with Crippen molar-refractivity contribution < 1.29 is 8.42 Å². The second-order valence-corrected chi connectivity index (χ2v) is 10.4. The van der Waals surface area contributed by atoms with Crippen LogP contribution in [0.3, 0.4) is 0 Å². The molecule has 0 amide bonds. The SMILES string of the molecule is CCS(=O)(=O)N1CCCC(c2cc(NC)n3ncc(-c4cnc5ccccc5c4)c3n2)C1. The molecular formula is C23H26N6O2S. The van der Waals surface area contributed by atoms with Crippen molar-refractivity contribution in [2.45, 2.75) is 25.7 Å². The molecule has 1 unspecified atom stereocenters. The molecule has 0 aliphatic carbocycles. The Kier molecular flexibility index (Phi) is 5.30. The van der Waals surface area contributed by atoms with E-state index < -0.39 is 10.0 Å². The molecule has 9 heteroatoms. The van der Waals surface area contributed by atoms with Gasteiger partial charge in [-0.15, -0.1) is 0 Å². The minimum Gasteiger partial charge on any atom is -0.373 e. The highest BCUT2D eigenvalue weighted by Gasteiger charge is 2.30. The minimum atomic E-state index is -3.22. The van der Waals surface area contributed by atoms with Crippen molar-refractivity contribution in [3.8, 4) is 11.1 Å². The van der Waals surface area contributed by atoms with Gasteiger partial charge in [0.2, 0.25) is 10.0 Å². The van der Waals surface area contributed by atoms with Gasteiger partial charge in [-0.1, -0.05) is 18.2 Å². The number of sulfonamides is 1. The third-order valence-corrected chi connectivity index (χ3v) is 8.06. The lowest BCUT2D eigenvalue weighted by Crippen LogP contribution is -2.40. The zero-order valence-corrected chi connectivity index (χ0v) is 19.0. The van der Waals surface area contributed by atoms with E-state index in [9.17, 15) is 8.42 Å². The van der Waals surface area contributed by atoms with Crippen molar-refractivity contribution in [2.75, 3.05) is 31.2 Å². The third-order valence-electron chi connectivity index (χ3n) is 6.21. The Labute approximate surface area is 187 Å². The molecule has 1 saturated heterocycles. The number of nitrogens with one attached hydrogen (secondary N) is 1. The second-order valence-electron chi connectivity index (χ2n) is 8.12. The number of nitrogens with zero attached hydrogens (tertiary/aromatic N) is 5. The Balaban J connectivity index is 1.59. The fraction of sp³-hybridized carbons (Fsp3) is 0.348. The van der Waals surface area contributed by atoms with Crippen molar-refractivity contribution >= 4 is 32.4 Å². The first-order valence-corrected chi connectivity index (χ1v) is 12.5. The molecule has 3 aromatic heterocycles. The quantitative estimate of drug-likeness (QED) is 0.500. The number of aromatic nitrogens is 4. The number of anilines is 1. The number of piperidine rings is 1. The van der Waals surface area contributed by atoms with Gasteiger partial charge in [0, 0.05) is 54.8 Å². The molecule has 1 N–H and O–H groups in total. The Morgan fingerprint density at radius 2 is 2.03 bits per heavy atom. The lowest BCUT2D eigenvalue weighted by Gasteiger charge is -2.31. The average molecular weight is 451 g/mol. The molecule has 1 fully saturated rings. The van der Waals surface area contributed by atoms with E-state index in [2.05, 4.69) is 21.5 Å². The van der Waals surface area contributed by atoms with Gasteiger partial charge in [-0.25, -0.2) is 17.7 Å². The molecule has 4 heterocycles. The molecule has 1 aromatic carbocycles. The molecule has 5 rings (SSSR count). The van der Waals surface area contributed by atoms with Crippen LogP contribution < -0.4 is 5.32 Å². The van der Waals surface area contributed by atoms with Gasteiger partial charge in [0.25, 0.3) is 0 Å². The highest BCUT2D eigenvalue weighted by molar-refractivity contribution is 7.89. The summed E-state index contributed by atoms with van der Waals surface area (Å²) in [5.74, 6) is 0.982. The highest BCUT2D eigenvalue weighted by atomic mass is 32.2. The molecule has 1 aliphatic heterocycles. The first kappa shape index (κ1) is 20.8. The van der Waals surface area contributed by atoms with Gasteiger partial charge in [-0.3, -0.25) is 4.98 Å². The zero-order valence-electron chi connectivity index (χ0n) is 18.2. The molecule has 166 valence electrons. The normalized spacial score (nSPS) is 17.8. The van der Waals surface area contributed by atoms with Crippen molar-refractivity contribution in [1.82, 2.24) is 23.9 Å². The molecule has 8 nitrogen and oxygen atoms in total. The summed E-state index contributed by atoms with van der Waals surface area (Å²) in [6.07, 6.45) is 5.39. The summed E-state index contributed by atoms with van der Waals surface area (Å²) in [4.78, 5) is 9.57. The molecular weight excluding hydrogens is 424 g/mol. The molecule has 1 atom stereocenters. The third kappa shape index (κ3) is 3.61. The van der Waals surface area contributed by atoms with Gasteiger partial charge in [0.1, 0.15) is 5.82 Å². The molecule has 0 spiro atoms. The molecule has 4 aromatic rings. The minimum absolute atomic E-state index is 0.0413. The lowest BCUT2D eigenvalue weighted by molar-refractivity contribution is 0.313. The largest absolute Gasteiger partial charge is 0.373 e. The number of para-hydroxylation sites is 1. The van der Waals surface area contributed by atoms with Gasteiger partial charge >= 0.3 is 0 Å². The van der Waals surface area contributed by atoms with Crippen LogP contribution in [0.25, 0.3) is 27.7 Å². The van der Waals surface area contributed by atoms with E-state index in [-0.39, 0.29) is 11.7 Å². The van der Waals surface area contributed by atoms with Gasteiger partial charge in [0.15, 0.2) is 5.65 Å². The maximum absolute atomic E-state index is 12.4. The van der Waals surface area contributed by atoms with Crippen molar-refractivity contribution in [2.24, 2.45) is 0 Å². The Morgan fingerprint density at radius 3 is 2.84 bits per heavy atom. The lowest BCUT2D eigenvalue weighted by atomic mass is 9.95. The molecule has 0 radical (unpaired) electrons. The van der Waals surface area contributed by atoms with Crippen LogP contribution in [0.1, 0.15) is 31.4 Å². The molecule has 0 bridgehead atoms. The fourth-order valence-corrected chi connectivity index (χ4v) is 5.59.